The molecule has 0 atom stereocenters. The molecular weight excluding hydrogens is 312 g/mol. The monoisotopic (exact) mass is 330 g/mol. The third-order valence-corrected chi connectivity index (χ3v) is 4.49. The topological polar surface area (TPSA) is 60.4 Å². The average Bonchev–Trinajstić information content (AvgIpc) is 2.52. The predicted molar refractivity (Wildman–Crippen MR) is 90.6 cm³/mol. The van der Waals surface area contributed by atoms with Crippen molar-refractivity contribution in [1.29, 1.82) is 0 Å². The summed E-state index contributed by atoms with van der Waals surface area (Å²) in [4.78, 5) is 12.3. The van der Waals surface area contributed by atoms with Crippen LogP contribution >= 0.6 is 0 Å². The van der Waals surface area contributed by atoms with E-state index in [-0.39, 0.29) is 16.4 Å². The summed E-state index contributed by atoms with van der Waals surface area (Å²) < 4.78 is 28.4. The van der Waals surface area contributed by atoms with E-state index in [0.717, 1.165) is 17.4 Å². The second kappa shape index (κ2) is 6.79. The van der Waals surface area contributed by atoms with Crippen molar-refractivity contribution >= 4 is 21.7 Å². The highest BCUT2D eigenvalue weighted by Gasteiger charge is 2.16. The summed E-state index contributed by atoms with van der Waals surface area (Å²) in [5, 5.41) is 0. The van der Waals surface area contributed by atoms with Crippen molar-refractivity contribution in [2.75, 3.05) is 13.4 Å². The highest BCUT2D eigenvalue weighted by molar-refractivity contribution is 7.90. The van der Waals surface area contributed by atoms with Crippen LogP contribution in [0.1, 0.15) is 21.5 Å². The van der Waals surface area contributed by atoms with Crippen LogP contribution in [0.4, 0.5) is 0 Å². The standard InChI is InChI=1S/C18H18O4S/c1-13-4-6-14(7-5-13)8-10-16(19)15-9-11-18(23(3,20)21)17(12-15)22-2/h4-12H,1-3H3. The van der Waals surface area contributed by atoms with Gasteiger partial charge in [0.05, 0.1) is 7.11 Å². The molecule has 0 N–H and O–H groups in total. The minimum atomic E-state index is -3.40. The summed E-state index contributed by atoms with van der Waals surface area (Å²) in [6.07, 6.45) is 4.28. The molecule has 0 unspecified atom stereocenters. The van der Waals surface area contributed by atoms with Crippen molar-refractivity contribution in [2.24, 2.45) is 0 Å². The molecule has 2 aromatic carbocycles. The molecule has 4 nitrogen and oxygen atoms in total. The van der Waals surface area contributed by atoms with Gasteiger partial charge in [0.1, 0.15) is 10.6 Å². The minimum Gasteiger partial charge on any atom is -0.495 e. The van der Waals surface area contributed by atoms with Gasteiger partial charge in [-0.2, -0.15) is 0 Å². The van der Waals surface area contributed by atoms with Crippen LogP contribution in [0.5, 0.6) is 5.75 Å². The molecule has 0 radical (unpaired) electrons. The normalized spacial score (nSPS) is 11.6. The van der Waals surface area contributed by atoms with E-state index in [0.29, 0.717) is 5.56 Å². The lowest BCUT2D eigenvalue weighted by Crippen LogP contribution is -2.03. The zero-order valence-electron chi connectivity index (χ0n) is 13.2. The molecule has 0 aromatic heterocycles. The van der Waals surface area contributed by atoms with E-state index >= 15 is 0 Å². The maximum Gasteiger partial charge on any atom is 0.185 e. The number of rotatable bonds is 5. The van der Waals surface area contributed by atoms with Crippen molar-refractivity contribution in [2.45, 2.75) is 11.8 Å². The molecule has 2 aromatic rings. The second-order valence-electron chi connectivity index (χ2n) is 5.25. The summed E-state index contributed by atoms with van der Waals surface area (Å²) in [6, 6.07) is 12.1. The van der Waals surface area contributed by atoms with Crippen LogP contribution in [0, 0.1) is 6.92 Å². The number of carbonyl (C=O) groups is 1. The lowest BCUT2D eigenvalue weighted by Gasteiger charge is -2.08. The van der Waals surface area contributed by atoms with Crippen LogP contribution in [0.25, 0.3) is 6.08 Å². The predicted octanol–water partition coefficient (Wildman–Crippen LogP) is 3.30. The van der Waals surface area contributed by atoms with Crippen molar-refractivity contribution in [3.05, 3.63) is 65.2 Å². The average molecular weight is 330 g/mol. The fraction of sp³-hybridized carbons (Fsp3) is 0.167. The third kappa shape index (κ3) is 4.29. The first kappa shape index (κ1) is 17.0. The van der Waals surface area contributed by atoms with Crippen molar-refractivity contribution in [3.63, 3.8) is 0 Å². The first-order chi connectivity index (χ1) is 10.8. The van der Waals surface area contributed by atoms with Crippen molar-refractivity contribution in [1.82, 2.24) is 0 Å². The molecule has 0 aliphatic heterocycles. The number of allylic oxidation sites excluding steroid dienone is 1. The van der Waals surface area contributed by atoms with E-state index < -0.39 is 9.84 Å². The van der Waals surface area contributed by atoms with Gasteiger partial charge in [-0.15, -0.1) is 0 Å². The zero-order chi connectivity index (χ0) is 17.0. The molecule has 0 aliphatic rings. The third-order valence-electron chi connectivity index (χ3n) is 3.35. The molecule has 0 bridgehead atoms. The molecule has 0 amide bonds. The first-order valence-corrected chi connectivity index (χ1v) is 8.87. The van der Waals surface area contributed by atoms with Gasteiger partial charge in [-0.05, 0) is 36.8 Å². The van der Waals surface area contributed by atoms with Crippen LogP contribution in [-0.2, 0) is 9.84 Å². The molecule has 2 rings (SSSR count). The Hall–Kier alpha value is -2.40. The molecule has 0 saturated carbocycles. The van der Waals surface area contributed by atoms with E-state index in [9.17, 15) is 13.2 Å². The quantitative estimate of drug-likeness (QED) is 0.623. The summed E-state index contributed by atoms with van der Waals surface area (Å²) in [5.41, 5.74) is 2.44. The highest BCUT2D eigenvalue weighted by Crippen LogP contribution is 2.25. The Morgan fingerprint density at radius 3 is 2.30 bits per heavy atom. The molecule has 0 heterocycles. The molecular formula is C18H18O4S. The number of aryl methyl sites for hydroxylation is 1. The van der Waals surface area contributed by atoms with Crippen molar-refractivity contribution < 1.29 is 17.9 Å². The van der Waals surface area contributed by atoms with Gasteiger partial charge in [0.25, 0.3) is 0 Å². The van der Waals surface area contributed by atoms with Gasteiger partial charge in [0.2, 0.25) is 0 Å². The van der Waals surface area contributed by atoms with E-state index in [1.807, 2.05) is 31.2 Å². The largest absolute Gasteiger partial charge is 0.495 e. The molecule has 0 spiro atoms. The Kier molecular flexibility index (Phi) is 5.01. The van der Waals surface area contributed by atoms with Gasteiger partial charge in [-0.3, -0.25) is 4.79 Å². The van der Waals surface area contributed by atoms with E-state index in [2.05, 4.69) is 0 Å². The van der Waals surface area contributed by atoms with Crippen LogP contribution in [-0.4, -0.2) is 27.6 Å². The van der Waals surface area contributed by atoms with Crippen molar-refractivity contribution in [3.8, 4) is 5.75 Å². The van der Waals surface area contributed by atoms with Crippen LogP contribution < -0.4 is 4.74 Å². The summed E-state index contributed by atoms with van der Waals surface area (Å²) in [7, 11) is -2.03. The minimum absolute atomic E-state index is 0.0686. The van der Waals surface area contributed by atoms with E-state index in [4.69, 9.17) is 4.74 Å². The fourth-order valence-corrected chi connectivity index (χ4v) is 2.90. The molecule has 5 heteroatoms. The molecule has 0 aliphatic carbocycles. The first-order valence-electron chi connectivity index (χ1n) is 6.98. The summed E-state index contributed by atoms with van der Waals surface area (Å²) in [6.45, 7) is 1.99. The summed E-state index contributed by atoms with van der Waals surface area (Å²) in [5.74, 6) is -0.0500. The number of carbonyl (C=O) groups excluding carboxylic acids is 1. The molecule has 0 fully saturated rings. The lowest BCUT2D eigenvalue weighted by molar-refractivity contribution is 0.104. The summed E-state index contributed by atoms with van der Waals surface area (Å²) >= 11 is 0. The Bertz CT molecular complexity index is 847. The number of methoxy groups -OCH3 is 1. The highest BCUT2D eigenvalue weighted by atomic mass is 32.2. The van der Waals surface area contributed by atoms with Gasteiger partial charge in [-0.25, -0.2) is 8.42 Å². The molecule has 120 valence electrons. The van der Waals surface area contributed by atoms with E-state index in [1.54, 1.807) is 6.08 Å². The number of hydrogen-bond acceptors (Lipinski definition) is 4. The molecule has 0 saturated heterocycles. The number of ether oxygens (including phenoxy) is 1. The van der Waals surface area contributed by atoms with Gasteiger partial charge in [0.15, 0.2) is 15.6 Å². The second-order valence-corrected chi connectivity index (χ2v) is 7.23. The van der Waals surface area contributed by atoms with Gasteiger partial charge < -0.3 is 4.74 Å². The van der Waals surface area contributed by atoms with Crippen LogP contribution in [0.3, 0.4) is 0 Å². The SMILES string of the molecule is COc1cc(C(=O)C=Cc2ccc(C)cc2)ccc1S(C)(=O)=O. The Morgan fingerprint density at radius 1 is 1.09 bits per heavy atom. The van der Waals surface area contributed by atoms with Crippen LogP contribution in [0.15, 0.2) is 53.4 Å². The number of hydrogen-bond donors (Lipinski definition) is 0. The van der Waals surface area contributed by atoms with Gasteiger partial charge in [-0.1, -0.05) is 35.9 Å². The van der Waals surface area contributed by atoms with Crippen LogP contribution in [0.2, 0.25) is 0 Å². The maximum atomic E-state index is 12.2. The maximum absolute atomic E-state index is 12.2. The molecule has 23 heavy (non-hydrogen) atoms. The van der Waals surface area contributed by atoms with E-state index in [1.165, 1.54) is 31.4 Å². The zero-order valence-corrected chi connectivity index (χ0v) is 14.1. The number of ketones is 1. The Labute approximate surface area is 136 Å². The smallest absolute Gasteiger partial charge is 0.185 e. The van der Waals surface area contributed by atoms with Gasteiger partial charge >= 0.3 is 0 Å². The lowest BCUT2D eigenvalue weighted by atomic mass is 10.1. The number of sulfone groups is 1. The number of benzene rings is 2. The van der Waals surface area contributed by atoms with Gasteiger partial charge in [0, 0.05) is 11.8 Å². The fourth-order valence-electron chi connectivity index (χ4n) is 2.07. The Morgan fingerprint density at radius 2 is 1.74 bits per heavy atom. The Balaban J connectivity index is 2.28.